The van der Waals surface area contributed by atoms with E-state index in [2.05, 4.69) is 15.4 Å². The lowest BCUT2D eigenvalue weighted by Crippen LogP contribution is -2.45. The van der Waals surface area contributed by atoms with Crippen LogP contribution < -0.4 is 5.32 Å². The number of hydrogen-bond acceptors (Lipinski definition) is 4. The summed E-state index contributed by atoms with van der Waals surface area (Å²) in [5, 5.41) is 6.71. The number of nitrogens with zero attached hydrogens (tertiary/aromatic N) is 4. The second-order valence-corrected chi connectivity index (χ2v) is 9.28. The van der Waals surface area contributed by atoms with Gasteiger partial charge in [0.1, 0.15) is 17.2 Å². The number of halogens is 5. The first kappa shape index (κ1) is 25.1. The molecule has 12 heteroatoms. The standard InChI is InChI=1S/C23H26F5N5O2/c1-12-9-17-15(11-32(12)22(35)30-16-6-8-29-19(18(16)24)21(25)26)20-23(27,28)7-5-14(4-3-13(2)34)10-33(20)31-17/h6,8,12,14,21H,3-5,7,9-11H2,1-2H3,(H,29,30,35)/t12-,14+/m1/s1. The molecule has 0 spiro atoms. The maximum absolute atomic E-state index is 15.2. The molecule has 2 aliphatic rings. The van der Waals surface area contributed by atoms with Crippen molar-refractivity contribution in [1.29, 1.82) is 0 Å². The van der Waals surface area contributed by atoms with Gasteiger partial charge in [0.2, 0.25) is 0 Å². The van der Waals surface area contributed by atoms with Crippen LogP contribution >= 0.6 is 0 Å². The van der Waals surface area contributed by atoms with Gasteiger partial charge >= 0.3 is 6.03 Å². The number of nitrogens with one attached hydrogen (secondary N) is 1. The lowest BCUT2D eigenvalue weighted by Gasteiger charge is -2.33. The van der Waals surface area contributed by atoms with Crippen LogP contribution in [0, 0.1) is 11.7 Å². The molecule has 2 aromatic heterocycles. The number of alkyl halides is 4. The van der Waals surface area contributed by atoms with Gasteiger partial charge in [-0.05, 0) is 38.7 Å². The van der Waals surface area contributed by atoms with Crippen molar-refractivity contribution in [2.45, 2.75) is 77.4 Å². The Morgan fingerprint density at radius 1 is 1.31 bits per heavy atom. The molecule has 4 rings (SSSR count). The number of carbonyl (C=O) groups is 2. The average molecular weight is 499 g/mol. The van der Waals surface area contributed by atoms with Crippen LogP contribution in [0.25, 0.3) is 0 Å². The Bertz CT molecular complexity index is 1140. The first-order valence-electron chi connectivity index (χ1n) is 11.4. The van der Waals surface area contributed by atoms with Crippen molar-refractivity contribution in [2.75, 3.05) is 5.32 Å². The van der Waals surface area contributed by atoms with Crippen molar-refractivity contribution < 1.29 is 31.5 Å². The van der Waals surface area contributed by atoms with Gasteiger partial charge in [0.25, 0.3) is 12.3 Å². The van der Waals surface area contributed by atoms with Gasteiger partial charge in [-0.25, -0.2) is 18.0 Å². The number of carbonyl (C=O) groups excluding carboxylic acids is 2. The minimum absolute atomic E-state index is 0.00257. The van der Waals surface area contributed by atoms with E-state index in [1.807, 2.05) is 0 Å². The van der Waals surface area contributed by atoms with Crippen molar-refractivity contribution in [3.8, 4) is 0 Å². The van der Waals surface area contributed by atoms with Gasteiger partial charge in [0, 0.05) is 43.6 Å². The number of Topliss-reactive ketones (excluding diaryl/α,β-unsaturated/α-hetero) is 1. The summed E-state index contributed by atoms with van der Waals surface area (Å²) in [6.45, 7) is 3.25. The topological polar surface area (TPSA) is 80.1 Å². The first-order chi connectivity index (χ1) is 16.5. The van der Waals surface area contributed by atoms with Gasteiger partial charge in [-0.3, -0.25) is 9.67 Å². The largest absolute Gasteiger partial charge is 0.322 e. The summed E-state index contributed by atoms with van der Waals surface area (Å²) >= 11 is 0. The van der Waals surface area contributed by atoms with Gasteiger partial charge in [-0.15, -0.1) is 0 Å². The SMILES string of the molecule is CC(=O)CC[C@H]1CCC(F)(F)c2c3c(nn2C1)C[C@@H](C)N(C(=O)Nc1ccnc(C(F)F)c1F)C3. The van der Waals surface area contributed by atoms with Gasteiger partial charge in [-0.2, -0.15) is 13.9 Å². The average Bonchev–Trinajstić information content (AvgIpc) is 3.07. The molecule has 0 aliphatic carbocycles. The molecule has 2 amide bonds. The van der Waals surface area contributed by atoms with E-state index < -0.39 is 48.0 Å². The minimum atomic E-state index is -3.17. The fourth-order valence-corrected chi connectivity index (χ4v) is 4.79. The number of aromatic nitrogens is 3. The predicted octanol–water partition coefficient (Wildman–Crippen LogP) is 5.20. The molecule has 35 heavy (non-hydrogen) atoms. The van der Waals surface area contributed by atoms with Crippen LogP contribution in [-0.4, -0.2) is 37.5 Å². The van der Waals surface area contributed by atoms with Crippen LogP contribution in [0.5, 0.6) is 0 Å². The molecule has 190 valence electrons. The summed E-state index contributed by atoms with van der Waals surface area (Å²) in [5.41, 5.74) is -1.07. The van der Waals surface area contributed by atoms with E-state index >= 15 is 8.78 Å². The minimum Gasteiger partial charge on any atom is -0.317 e. The Morgan fingerprint density at radius 2 is 2.06 bits per heavy atom. The number of urea groups is 1. The van der Waals surface area contributed by atoms with Crippen LogP contribution in [0.3, 0.4) is 0 Å². The first-order valence-corrected chi connectivity index (χ1v) is 11.4. The van der Waals surface area contributed by atoms with Gasteiger partial charge < -0.3 is 15.0 Å². The monoisotopic (exact) mass is 499 g/mol. The summed E-state index contributed by atoms with van der Waals surface area (Å²) < 4.78 is 72.0. The zero-order valence-corrected chi connectivity index (χ0v) is 19.3. The number of anilines is 1. The van der Waals surface area contributed by atoms with E-state index in [9.17, 15) is 22.8 Å². The molecule has 0 fully saturated rings. The van der Waals surface area contributed by atoms with Crippen LogP contribution in [0.4, 0.5) is 32.4 Å². The normalized spacial score (nSPS) is 21.3. The van der Waals surface area contributed by atoms with E-state index in [0.717, 1.165) is 12.3 Å². The summed E-state index contributed by atoms with van der Waals surface area (Å²) in [6.07, 6.45) is -1.33. The van der Waals surface area contributed by atoms with Crippen molar-refractivity contribution in [3.05, 3.63) is 40.7 Å². The number of pyridine rings is 1. The second kappa shape index (κ2) is 9.54. The molecule has 2 aromatic rings. The fraction of sp³-hybridized carbons (Fsp3) is 0.565. The lowest BCUT2D eigenvalue weighted by atomic mass is 9.94. The van der Waals surface area contributed by atoms with Gasteiger partial charge in [-0.1, -0.05) is 0 Å². The van der Waals surface area contributed by atoms with E-state index in [-0.39, 0.29) is 48.9 Å². The van der Waals surface area contributed by atoms with E-state index in [1.54, 1.807) is 6.92 Å². The third-order valence-electron chi connectivity index (χ3n) is 6.66. The summed E-state index contributed by atoms with van der Waals surface area (Å²) in [5.74, 6) is -4.63. The van der Waals surface area contributed by atoms with Crippen LogP contribution in [0.1, 0.15) is 68.6 Å². The van der Waals surface area contributed by atoms with Crippen LogP contribution in [0.15, 0.2) is 12.3 Å². The highest BCUT2D eigenvalue weighted by Crippen LogP contribution is 2.43. The summed E-state index contributed by atoms with van der Waals surface area (Å²) in [7, 11) is 0. The van der Waals surface area contributed by atoms with Crippen molar-refractivity contribution in [1.82, 2.24) is 19.7 Å². The number of rotatable bonds is 5. The quantitative estimate of drug-likeness (QED) is 0.574. The Hall–Kier alpha value is -3.05. The molecule has 0 unspecified atom stereocenters. The molecule has 4 heterocycles. The van der Waals surface area contributed by atoms with E-state index in [0.29, 0.717) is 18.5 Å². The zero-order valence-electron chi connectivity index (χ0n) is 19.3. The molecule has 0 aromatic carbocycles. The molecule has 1 N–H and O–H groups in total. The maximum Gasteiger partial charge on any atom is 0.322 e. The number of hydrogen-bond donors (Lipinski definition) is 1. The summed E-state index contributed by atoms with van der Waals surface area (Å²) in [4.78, 5) is 28.9. The summed E-state index contributed by atoms with van der Waals surface area (Å²) in [6, 6.07) is -0.201. The Morgan fingerprint density at radius 3 is 2.74 bits per heavy atom. The zero-order chi connectivity index (χ0) is 25.5. The van der Waals surface area contributed by atoms with Crippen LogP contribution in [0.2, 0.25) is 0 Å². The van der Waals surface area contributed by atoms with Gasteiger partial charge in [0.15, 0.2) is 5.82 Å². The highest BCUT2D eigenvalue weighted by atomic mass is 19.3. The van der Waals surface area contributed by atoms with Crippen molar-refractivity contribution in [3.63, 3.8) is 0 Å². The smallest absolute Gasteiger partial charge is 0.317 e. The Labute approximate surface area is 198 Å². The molecule has 2 atom stereocenters. The number of fused-ring (bicyclic) bond motifs is 3. The molecule has 7 nitrogen and oxygen atoms in total. The second-order valence-electron chi connectivity index (χ2n) is 9.28. The Balaban J connectivity index is 1.59. The molecule has 0 saturated heterocycles. The third kappa shape index (κ3) is 5.01. The van der Waals surface area contributed by atoms with E-state index in [1.165, 1.54) is 16.5 Å². The molecule has 0 radical (unpaired) electrons. The molecule has 2 aliphatic heterocycles. The molecular formula is C23H26F5N5O2. The number of amides is 2. The Kier molecular flexibility index (Phi) is 6.83. The third-order valence-corrected chi connectivity index (χ3v) is 6.66. The predicted molar refractivity (Wildman–Crippen MR) is 116 cm³/mol. The highest BCUT2D eigenvalue weighted by molar-refractivity contribution is 5.90. The number of ketones is 1. The van der Waals surface area contributed by atoms with Gasteiger partial charge in [0.05, 0.1) is 17.9 Å². The van der Waals surface area contributed by atoms with Crippen molar-refractivity contribution in [2.24, 2.45) is 5.92 Å². The van der Waals surface area contributed by atoms with Crippen LogP contribution in [-0.2, 0) is 30.2 Å². The van der Waals surface area contributed by atoms with Crippen molar-refractivity contribution >= 4 is 17.5 Å². The lowest BCUT2D eigenvalue weighted by molar-refractivity contribution is -0.117. The molecular weight excluding hydrogens is 473 g/mol. The molecule has 0 saturated carbocycles. The van der Waals surface area contributed by atoms with E-state index in [4.69, 9.17) is 0 Å². The fourth-order valence-electron chi connectivity index (χ4n) is 4.79. The molecule has 0 bridgehead atoms. The highest BCUT2D eigenvalue weighted by Gasteiger charge is 2.44. The maximum atomic E-state index is 15.2.